The van der Waals surface area contributed by atoms with Crippen LogP contribution < -0.4 is 19.6 Å². The highest BCUT2D eigenvalue weighted by Gasteiger charge is 2.29. The summed E-state index contributed by atoms with van der Waals surface area (Å²) >= 11 is 0. The summed E-state index contributed by atoms with van der Waals surface area (Å²) in [7, 11) is 1.65. The number of carbonyl (C=O) groups is 1. The van der Waals surface area contributed by atoms with Gasteiger partial charge in [-0.1, -0.05) is 32.0 Å². The van der Waals surface area contributed by atoms with Gasteiger partial charge in [-0.2, -0.15) is 0 Å². The van der Waals surface area contributed by atoms with Crippen LogP contribution in [-0.2, 0) is 11.2 Å². The third-order valence-electron chi connectivity index (χ3n) is 6.41. The highest BCUT2D eigenvalue weighted by molar-refractivity contribution is 5.88. The normalized spacial score (nSPS) is 14.1. The van der Waals surface area contributed by atoms with Gasteiger partial charge in [0.15, 0.2) is 16.9 Å². The van der Waals surface area contributed by atoms with Crippen LogP contribution in [0.2, 0.25) is 0 Å². The number of aromatic carboxylic acids is 1. The van der Waals surface area contributed by atoms with Crippen LogP contribution in [0.5, 0.6) is 17.2 Å². The number of nitrogens with zero attached hydrogens (tertiary/aromatic N) is 1. The van der Waals surface area contributed by atoms with Crippen molar-refractivity contribution in [3.8, 4) is 28.5 Å². The lowest BCUT2D eigenvalue weighted by Gasteiger charge is -2.34. The van der Waals surface area contributed by atoms with E-state index in [0.717, 1.165) is 23.3 Å². The molecule has 0 radical (unpaired) electrons. The first-order valence-corrected chi connectivity index (χ1v) is 12.5. The number of carboxylic acids is 1. The molecule has 4 rings (SSSR count). The van der Waals surface area contributed by atoms with Gasteiger partial charge in [0.1, 0.15) is 24.5 Å². The summed E-state index contributed by atoms with van der Waals surface area (Å²) in [5, 5.41) is 9.52. The highest BCUT2D eigenvalue weighted by Crippen LogP contribution is 2.42. The molecule has 1 unspecified atom stereocenters. The maximum absolute atomic E-state index is 12.6. The second-order valence-electron chi connectivity index (χ2n) is 9.33. The molecule has 196 valence electrons. The van der Waals surface area contributed by atoms with Crippen molar-refractivity contribution in [3.63, 3.8) is 0 Å². The lowest BCUT2D eigenvalue weighted by Crippen LogP contribution is -2.28. The van der Waals surface area contributed by atoms with E-state index in [-0.39, 0.29) is 17.5 Å². The van der Waals surface area contributed by atoms with Crippen LogP contribution in [0.15, 0.2) is 59.5 Å². The third-order valence-corrected chi connectivity index (χ3v) is 6.41. The first-order chi connectivity index (χ1) is 17.9. The van der Waals surface area contributed by atoms with Crippen LogP contribution in [0.3, 0.4) is 0 Å². The van der Waals surface area contributed by atoms with Crippen molar-refractivity contribution in [2.45, 2.75) is 32.7 Å². The van der Waals surface area contributed by atoms with Crippen molar-refractivity contribution in [2.24, 2.45) is 5.92 Å². The number of methoxy groups -OCH3 is 1. The maximum Gasteiger partial charge on any atom is 0.341 e. The zero-order valence-electron chi connectivity index (χ0n) is 21.4. The molecule has 2 heterocycles. The fourth-order valence-corrected chi connectivity index (χ4v) is 4.53. The molecule has 0 aliphatic carbocycles. The Morgan fingerprint density at radius 3 is 2.41 bits per heavy atom. The summed E-state index contributed by atoms with van der Waals surface area (Å²) < 4.78 is 25.0. The Morgan fingerprint density at radius 2 is 1.70 bits per heavy atom. The second-order valence-corrected chi connectivity index (χ2v) is 9.33. The Bertz CT molecular complexity index is 1280. The first kappa shape index (κ1) is 26.3. The minimum atomic E-state index is -1.23. The summed E-state index contributed by atoms with van der Waals surface area (Å²) in [6.07, 6.45) is 2.87. The van der Waals surface area contributed by atoms with Crippen LogP contribution in [0.4, 0.5) is 0 Å². The van der Waals surface area contributed by atoms with Crippen molar-refractivity contribution in [3.05, 3.63) is 76.1 Å². The van der Waals surface area contributed by atoms with Gasteiger partial charge in [-0.25, -0.2) is 4.79 Å². The first-order valence-electron chi connectivity index (χ1n) is 12.5. The molecule has 8 nitrogen and oxygen atoms in total. The highest BCUT2D eigenvalue weighted by atomic mass is 16.5. The number of hydrogen-bond donors (Lipinski definition) is 1. The molecule has 1 aliphatic heterocycles. The molecule has 8 heteroatoms. The van der Waals surface area contributed by atoms with E-state index in [9.17, 15) is 14.7 Å². The number of aromatic nitrogens is 1. The van der Waals surface area contributed by atoms with Crippen molar-refractivity contribution in [2.75, 3.05) is 33.5 Å². The van der Waals surface area contributed by atoms with Gasteiger partial charge in [-0.15, -0.1) is 0 Å². The fraction of sp³-hybridized carbons (Fsp3) is 0.379. The van der Waals surface area contributed by atoms with Crippen molar-refractivity contribution in [1.82, 2.24) is 4.57 Å². The molecule has 0 fully saturated rings. The molecule has 3 aromatic rings. The van der Waals surface area contributed by atoms with Crippen LogP contribution in [0.1, 0.15) is 42.2 Å². The third kappa shape index (κ3) is 6.14. The van der Waals surface area contributed by atoms with Gasteiger partial charge in [0.05, 0.1) is 12.3 Å². The van der Waals surface area contributed by atoms with Gasteiger partial charge in [-0.3, -0.25) is 4.79 Å². The Balaban J connectivity index is 1.67. The molecular weight excluding hydrogens is 474 g/mol. The number of benzene rings is 2. The Labute approximate surface area is 216 Å². The van der Waals surface area contributed by atoms with Crippen LogP contribution >= 0.6 is 0 Å². The molecule has 1 atom stereocenters. The van der Waals surface area contributed by atoms with Crippen LogP contribution in [0.25, 0.3) is 11.3 Å². The van der Waals surface area contributed by atoms with E-state index < -0.39 is 11.4 Å². The van der Waals surface area contributed by atoms with E-state index in [0.29, 0.717) is 50.0 Å². The van der Waals surface area contributed by atoms with Gasteiger partial charge < -0.3 is 28.6 Å². The molecule has 37 heavy (non-hydrogen) atoms. The molecule has 0 spiro atoms. The molecule has 1 N–H and O–H groups in total. The van der Waals surface area contributed by atoms with E-state index in [1.165, 1.54) is 12.3 Å². The lowest BCUT2D eigenvalue weighted by molar-refractivity contribution is 0.0694. The van der Waals surface area contributed by atoms with Gasteiger partial charge in [0.2, 0.25) is 0 Å². The quantitative estimate of drug-likeness (QED) is 0.351. The van der Waals surface area contributed by atoms with Gasteiger partial charge >= 0.3 is 5.97 Å². The maximum atomic E-state index is 12.6. The zero-order chi connectivity index (χ0) is 26.4. The number of ether oxygens (including phenoxy) is 4. The standard InChI is InChI=1S/C29H33NO7/c1-19(2)24-14-20-15-27(36-11-7-10-34-3)28(37-13-12-35-21-8-5-4-6-9-21)16-22(20)25-17-26(31)23(29(32)33)18-30(24)25/h4-6,8-9,15-19,24H,7,10-14H2,1-3H3,(H,32,33). The van der Waals surface area contributed by atoms with Crippen LogP contribution in [0, 0.1) is 5.92 Å². The molecule has 2 aromatic carbocycles. The number of para-hydroxylation sites is 1. The van der Waals surface area contributed by atoms with E-state index >= 15 is 0 Å². The van der Waals surface area contributed by atoms with Gasteiger partial charge in [0.25, 0.3) is 0 Å². The molecular formula is C29H33NO7. The van der Waals surface area contributed by atoms with Gasteiger partial charge in [-0.05, 0) is 42.2 Å². The summed E-state index contributed by atoms with van der Waals surface area (Å²) in [6, 6.07) is 14.8. The molecule has 1 aliphatic rings. The van der Waals surface area contributed by atoms with E-state index in [2.05, 4.69) is 13.8 Å². The average molecular weight is 508 g/mol. The summed E-state index contributed by atoms with van der Waals surface area (Å²) in [5.41, 5.74) is 1.77. The summed E-state index contributed by atoms with van der Waals surface area (Å²) in [6.45, 7) is 5.87. The number of pyridine rings is 1. The predicted molar refractivity (Wildman–Crippen MR) is 140 cm³/mol. The van der Waals surface area contributed by atoms with Gasteiger partial charge in [0, 0.05) is 44.0 Å². The molecule has 0 bridgehead atoms. The summed E-state index contributed by atoms with van der Waals surface area (Å²) in [4.78, 5) is 24.3. The van der Waals surface area contributed by atoms with Crippen molar-refractivity contribution < 1.29 is 28.8 Å². The van der Waals surface area contributed by atoms with E-state index in [1.54, 1.807) is 7.11 Å². The average Bonchev–Trinajstić information content (AvgIpc) is 2.88. The number of carboxylic acid groups (broad SMARTS) is 1. The Hall–Kier alpha value is -3.78. The monoisotopic (exact) mass is 507 g/mol. The van der Waals surface area contributed by atoms with Crippen molar-refractivity contribution >= 4 is 5.97 Å². The largest absolute Gasteiger partial charge is 0.490 e. The van der Waals surface area contributed by atoms with Crippen LogP contribution in [-0.4, -0.2) is 49.2 Å². The Morgan fingerprint density at radius 1 is 1.00 bits per heavy atom. The van der Waals surface area contributed by atoms with E-state index in [1.807, 2.05) is 47.0 Å². The van der Waals surface area contributed by atoms with E-state index in [4.69, 9.17) is 18.9 Å². The lowest BCUT2D eigenvalue weighted by atomic mass is 9.87. The number of fused-ring (bicyclic) bond motifs is 3. The zero-order valence-corrected chi connectivity index (χ0v) is 21.4. The fourth-order valence-electron chi connectivity index (χ4n) is 4.53. The SMILES string of the molecule is COCCCOc1cc2c(cc1OCCOc1ccccc1)-c1cc(=O)c(C(=O)O)cn1C(C(C)C)C2. The van der Waals surface area contributed by atoms with Crippen molar-refractivity contribution in [1.29, 1.82) is 0 Å². The molecule has 0 saturated carbocycles. The molecule has 1 aromatic heterocycles. The topological polar surface area (TPSA) is 96.2 Å². The Kier molecular flexibility index (Phi) is 8.50. The summed E-state index contributed by atoms with van der Waals surface area (Å²) in [5.74, 6) is 0.908. The minimum Gasteiger partial charge on any atom is -0.490 e. The number of rotatable bonds is 12. The molecule has 0 amide bonds. The number of hydrogen-bond acceptors (Lipinski definition) is 6. The minimum absolute atomic E-state index is 0.00594. The smallest absolute Gasteiger partial charge is 0.341 e. The second kappa shape index (κ2) is 12.0. The predicted octanol–water partition coefficient (Wildman–Crippen LogP) is 4.84. The molecule has 0 saturated heterocycles.